The highest BCUT2D eigenvalue weighted by atomic mass is 16.5. The van der Waals surface area contributed by atoms with Gasteiger partial charge in [0.05, 0.1) is 18.9 Å². The van der Waals surface area contributed by atoms with E-state index in [0.29, 0.717) is 6.42 Å². The van der Waals surface area contributed by atoms with E-state index >= 15 is 0 Å². The molecule has 4 nitrogen and oxygen atoms in total. The topological polar surface area (TPSA) is 54.6 Å². The molecule has 4 rings (SSSR count). The van der Waals surface area contributed by atoms with Crippen LogP contribution in [0.3, 0.4) is 0 Å². The van der Waals surface area contributed by atoms with Crippen molar-refractivity contribution >= 4 is 0 Å². The van der Waals surface area contributed by atoms with Gasteiger partial charge in [0.1, 0.15) is 11.5 Å². The summed E-state index contributed by atoms with van der Waals surface area (Å²) in [7, 11) is 0. The van der Waals surface area contributed by atoms with E-state index in [1.54, 1.807) is 6.26 Å². The van der Waals surface area contributed by atoms with Gasteiger partial charge in [0, 0.05) is 18.2 Å². The van der Waals surface area contributed by atoms with Gasteiger partial charge in [-0.25, -0.2) is 0 Å². The Labute approximate surface area is 149 Å². The van der Waals surface area contributed by atoms with Crippen LogP contribution in [0, 0.1) is 0 Å². The van der Waals surface area contributed by atoms with Crippen molar-refractivity contribution in [2.75, 3.05) is 13.2 Å². The first-order chi connectivity index (χ1) is 12.3. The van der Waals surface area contributed by atoms with Gasteiger partial charge in [-0.15, -0.1) is 0 Å². The minimum Gasteiger partial charge on any atom is -0.493 e. The molecule has 1 aliphatic heterocycles. The predicted octanol–water partition coefficient (Wildman–Crippen LogP) is 4.09. The van der Waals surface area contributed by atoms with E-state index in [1.807, 2.05) is 12.1 Å². The summed E-state index contributed by atoms with van der Waals surface area (Å²) in [6.45, 7) is 0.911. The highest BCUT2D eigenvalue weighted by Crippen LogP contribution is 2.37. The Bertz CT molecular complexity index is 695. The van der Waals surface area contributed by atoms with Crippen molar-refractivity contribution in [1.29, 1.82) is 0 Å². The molecule has 0 saturated carbocycles. The van der Waals surface area contributed by atoms with Crippen LogP contribution in [0.15, 0.2) is 34.9 Å². The molecule has 0 radical (unpaired) electrons. The van der Waals surface area contributed by atoms with Crippen LogP contribution < -0.4 is 10.1 Å². The molecular formula is C21H27NO3. The Morgan fingerprint density at radius 2 is 2.00 bits per heavy atom. The molecule has 1 aromatic carbocycles. The molecule has 2 N–H and O–H groups in total. The Balaban J connectivity index is 1.63. The zero-order valence-electron chi connectivity index (χ0n) is 14.7. The molecule has 1 aromatic heterocycles. The van der Waals surface area contributed by atoms with Gasteiger partial charge in [0.15, 0.2) is 0 Å². The zero-order chi connectivity index (χ0) is 17.1. The summed E-state index contributed by atoms with van der Waals surface area (Å²) >= 11 is 0. The van der Waals surface area contributed by atoms with Crippen LogP contribution in [0.25, 0.3) is 0 Å². The van der Waals surface area contributed by atoms with Crippen LogP contribution in [0.2, 0.25) is 0 Å². The second-order valence-electron chi connectivity index (χ2n) is 7.16. The van der Waals surface area contributed by atoms with E-state index in [1.165, 1.54) is 42.4 Å². The lowest BCUT2D eigenvalue weighted by atomic mass is 9.88. The zero-order valence-corrected chi connectivity index (χ0v) is 14.7. The minimum atomic E-state index is 0.0204. The van der Waals surface area contributed by atoms with Crippen LogP contribution in [-0.4, -0.2) is 18.3 Å². The summed E-state index contributed by atoms with van der Waals surface area (Å²) in [5.74, 6) is 1.93. The lowest BCUT2D eigenvalue weighted by Crippen LogP contribution is -2.27. The summed E-state index contributed by atoms with van der Waals surface area (Å²) in [6, 6.07) is 8.78. The van der Waals surface area contributed by atoms with E-state index in [-0.39, 0.29) is 18.7 Å². The van der Waals surface area contributed by atoms with Gasteiger partial charge < -0.3 is 19.6 Å². The Morgan fingerprint density at radius 1 is 1.16 bits per heavy atom. The largest absolute Gasteiger partial charge is 0.493 e. The van der Waals surface area contributed by atoms with E-state index in [4.69, 9.17) is 9.15 Å². The van der Waals surface area contributed by atoms with Crippen molar-refractivity contribution < 1.29 is 14.3 Å². The average Bonchev–Trinajstić information content (AvgIpc) is 3.10. The maximum absolute atomic E-state index is 9.47. The number of benzene rings is 1. The van der Waals surface area contributed by atoms with Crippen LogP contribution in [-0.2, 0) is 12.8 Å². The Morgan fingerprint density at radius 3 is 2.76 bits per heavy atom. The quantitative estimate of drug-likeness (QED) is 0.860. The van der Waals surface area contributed by atoms with Crippen molar-refractivity contribution in [2.45, 2.75) is 57.0 Å². The van der Waals surface area contributed by atoms with Gasteiger partial charge in [-0.3, -0.25) is 0 Å². The SMILES string of the molecule is OCCC(NC1CCCOc2cc3c(cc21)CCCC3)c1ccco1. The molecule has 0 bridgehead atoms. The normalized spacial score (nSPS) is 20.9. The maximum Gasteiger partial charge on any atom is 0.124 e. The molecule has 25 heavy (non-hydrogen) atoms. The molecular weight excluding hydrogens is 314 g/mol. The second kappa shape index (κ2) is 7.63. The van der Waals surface area contributed by atoms with Crippen LogP contribution >= 0.6 is 0 Å². The number of hydrogen-bond donors (Lipinski definition) is 2. The smallest absolute Gasteiger partial charge is 0.124 e. The van der Waals surface area contributed by atoms with Gasteiger partial charge >= 0.3 is 0 Å². The van der Waals surface area contributed by atoms with Gasteiger partial charge in [0.25, 0.3) is 0 Å². The molecule has 0 saturated heterocycles. The summed E-state index contributed by atoms with van der Waals surface area (Å²) in [5, 5.41) is 13.2. The molecule has 4 heteroatoms. The van der Waals surface area contributed by atoms with Gasteiger partial charge in [-0.1, -0.05) is 6.07 Å². The number of hydrogen-bond acceptors (Lipinski definition) is 4. The fourth-order valence-corrected chi connectivity index (χ4v) is 4.15. The lowest BCUT2D eigenvalue weighted by Gasteiger charge is -2.26. The Kier molecular flexibility index (Phi) is 5.09. The molecule has 1 aliphatic carbocycles. The molecule has 2 unspecified atom stereocenters. The highest BCUT2D eigenvalue weighted by Gasteiger charge is 2.26. The fraction of sp³-hybridized carbons (Fsp3) is 0.524. The van der Waals surface area contributed by atoms with Crippen molar-refractivity contribution in [3.05, 3.63) is 53.0 Å². The second-order valence-corrected chi connectivity index (χ2v) is 7.16. The third-order valence-corrected chi connectivity index (χ3v) is 5.45. The van der Waals surface area contributed by atoms with Gasteiger partial charge in [0.2, 0.25) is 0 Å². The summed E-state index contributed by atoms with van der Waals surface area (Å²) in [4.78, 5) is 0. The highest BCUT2D eigenvalue weighted by molar-refractivity contribution is 5.46. The van der Waals surface area contributed by atoms with Crippen molar-refractivity contribution in [2.24, 2.45) is 0 Å². The first-order valence-electron chi connectivity index (χ1n) is 9.54. The van der Waals surface area contributed by atoms with Crippen molar-refractivity contribution in [3.63, 3.8) is 0 Å². The molecule has 2 atom stereocenters. The molecule has 0 spiro atoms. The lowest BCUT2D eigenvalue weighted by molar-refractivity contribution is 0.244. The summed E-state index contributed by atoms with van der Waals surface area (Å²) < 4.78 is 11.7. The number of aliphatic hydroxyl groups is 1. The number of ether oxygens (including phenoxy) is 1. The number of furan rings is 1. The first kappa shape index (κ1) is 16.7. The van der Waals surface area contributed by atoms with E-state index < -0.39 is 0 Å². The van der Waals surface area contributed by atoms with Gasteiger partial charge in [-0.05, 0) is 74.3 Å². The molecule has 0 amide bonds. The summed E-state index contributed by atoms with van der Waals surface area (Å²) in [6.07, 6.45) is 9.31. The molecule has 134 valence electrons. The monoisotopic (exact) mass is 341 g/mol. The average molecular weight is 341 g/mol. The Hall–Kier alpha value is -1.78. The van der Waals surface area contributed by atoms with Crippen molar-refractivity contribution in [1.82, 2.24) is 5.32 Å². The summed E-state index contributed by atoms with van der Waals surface area (Å²) in [5.41, 5.74) is 4.22. The van der Waals surface area contributed by atoms with E-state index in [9.17, 15) is 5.11 Å². The van der Waals surface area contributed by atoms with Crippen molar-refractivity contribution in [3.8, 4) is 5.75 Å². The minimum absolute atomic E-state index is 0.0204. The molecule has 2 aromatic rings. The molecule has 0 fully saturated rings. The van der Waals surface area contributed by atoms with E-state index in [2.05, 4.69) is 17.4 Å². The number of rotatable bonds is 5. The predicted molar refractivity (Wildman–Crippen MR) is 96.8 cm³/mol. The number of fused-ring (bicyclic) bond motifs is 2. The standard InChI is InChI=1S/C21H27NO3/c23-10-9-19(20-8-4-12-24-20)22-18-7-3-11-25-21-14-16-6-2-1-5-15(16)13-17(18)21/h4,8,12-14,18-19,22-23H,1-3,5-7,9-11H2. The fourth-order valence-electron chi connectivity index (χ4n) is 4.15. The van der Waals surface area contributed by atoms with Crippen LogP contribution in [0.4, 0.5) is 0 Å². The number of nitrogens with one attached hydrogen (secondary N) is 1. The number of aryl methyl sites for hydroxylation is 2. The third kappa shape index (κ3) is 3.60. The maximum atomic E-state index is 9.47. The first-order valence-corrected chi connectivity index (χ1v) is 9.54. The van der Waals surface area contributed by atoms with Crippen LogP contribution in [0.1, 0.15) is 66.6 Å². The van der Waals surface area contributed by atoms with Gasteiger partial charge in [-0.2, -0.15) is 0 Å². The number of aliphatic hydroxyl groups excluding tert-OH is 1. The molecule has 2 heterocycles. The third-order valence-electron chi connectivity index (χ3n) is 5.45. The molecule has 2 aliphatic rings. The van der Waals surface area contributed by atoms with Crippen LogP contribution in [0.5, 0.6) is 5.75 Å². The van der Waals surface area contributed by atoms with E-state index in [0.717, 1.165) is 31.0 Å².